The number of primary amides is 1. The summed E-state index contributed by atoms with van der Waals surface area (Å²) in [6.07, 6.45) is 1.63. The molecule has 1 amide bonds. The third kappa shape index (κ3) is 5.04. The molecule has 0 radical (unpaired) electrons. The third-order valence-electron chi connectivity index (χ3n) is 5.63. The van der Waals surface area contributed by atoms with Crippen molar-refractivity contribution in [1.82, 2.24) is 9.88 Å². The first kappa shape index (κ1) is 23.6. The van der Waals surface area contributed by atoms with Gasteiger partial charge in [-0.15, -0.1) is 0 Å². The number of rotatable bonds is 8. The molecule has 3 rings (SSSR count). The largest absolute Gasteiger partial charge is 0.368 e. The van der Waals surface area contributed by atoms with Gasteiger partial charge in [0, 0.05) is 26.2 Å². The Morgan fingerprint density at radius 2 is 1.78 bits per heavy atom. The van der Waals surface area contributed by atoms with E-state index in [2.05, 4.69) is 28.9 Å². The van der Waals surface area contributed by atoms with E-state index in [9.17, 15) is 15.3 Å². The first-order chi connectivity index (χ1) is 15.5. The minimum Gasteiger partial charge on any atom is -0.368 e. The maximum absolute atomic E-state index is 12.3. The number of aromatic nitrogens is 1. The second-order valence-electron chi connectivity index (χ2n) is 7.69. The Kier molecular flexibility index (Phi) is 8.10. The first-order valence-corrected chi connectivity index (χ1v) is 11.8. The topological polar surface area (TPSA) is 110 Å². The second kappa shape index (κ2) is 11.0. The Hall–Kier alpha value is -3.07. The van der Waals surface area contributed by atoms with Crippen LogP contribution in [0.15, 0.2) is 35.4 Å². The molecule has 2 N–H and O–H groups in total. The molecular weight excluding hydrogens is 420 g/mol. The van der Waals surface area contributed by atoms with Crippen LogP contribution in [0, 0.1) is 22.7 Å². The molecule has 1 fully saturated rings. The number of benzene rings is 1. The molecule has 1 aliphatic rings. The number of hydrogen-bond acceptors (Lipinski definition) is 7. The molecule has 0 bridgehead atoms. The highest BCUT2D eigenvalue weighted by Gasteiger charge is 2.28. The van der Waals surface area contributed by atoms with E-state index in [4.69, 9.17) is 10.7 Å². The van der Waals surface area contributed by atoms with Crippen molar-refractivity contribution in [3.8, 4) is 12.1 Å². The molecule has 1 aromatic carbocycles. The van der Waals surface area contributed by atoms with E-state index in [1.165, 1.54) is 11.8 Å². The molecule has 2 aromatic rings. The Balaban J connectivity index is 2.04. The summed E-state index contributed by atoms with van der Waals surface area (Å²) in [6.45, 7) is 8.48. The Labute approximate surface area is 193 Å². The monoisotopic (exact) mass is 448 g/mol. The van der Waals surface area contributed by atoms with Gasteiger partial charge in [0.05, 0.1) is 11.1 Å². The molecule has 0 aliphatic carbocycles. The summed E-state index contributed by atoms with van der Waals surface area (Å²) in [5.74, 6) is 0.0994. The zero-order valence-corrected chi connectivity index (χ0v) is 19.4. The molecular formula is C24H28N6OS. The maximum Gasteiger partial charge on any atom is 0.235 e. The van der Waals surface area contributed by atoms with Crippen LogP contribution in [0.5, 0.6) is 0 Å². The number of thioether (sulfide) groups is 1. The van der Waals surface area contributed by atoms with Crippen molar-refractivity contribution in [2.45, 2.75) is 37.0 Å². The van der Waals surface area contributed by atoms with Gasteiger partial charge in [-0.1, -0.05) is 55.9 Å². The van der Waals surface area contributed by atoms with Gasteiger partial charge in [-0.3, -0.25) is 9.69 Å². The van der Waals surface area contributed by atoms with Crippen LogP contribution in [0.3, 0.4) is 0 Å². The van der Waals surface area contributed by atoms with E-state index in [0.717, 1.165) is 44.7 Å². The number of nitriles is 2. The lowest BCUT2D eigenvalue weighted by atomic mass is 10.0. The van der Waals surface area contributed by atoms with Crippen molar-refractivity contribution in [1.29, 1.82) is 10.5 Å². The zero-order chi connectivity index (χ0) is 23.1. The summed E-state index contributed by atoms with van der Waals surface area (Å²) in [5, 5.41) is 19.6. The summed E-state index contributed by atoms with van der Waals surface area (Å²) in [4.78, 5) is 21.6. The van der Waals surface area contributed by atoms with Crippen LogP contribution in [0.1, 0.15) is 47.8 Å². The van der Waals surface area contributed by atoms with Gasteiger partial charge in [-0.05, 0) is 30.5 Å². The summed E-state index contributed by atoms with van der Waals surface area (Å²) < 4.78 is 0. The van der Waals surface area contributed by atoms with Crippen LogP contribution in [0.4, 0.5) is 5.82 Å². The maximum atomic E-state index is 12.3. The lowest BCUT2D eigenvalue weighted by molar-refractivity contribution is -0.117. The fourth-order valence-corrected chi connectivity index (χ4v) is 5.09. The summed E-state index contributed by atoms with van der Waals surface area (Å²) >= 11 is 1.18. The predicted octanol–water partition coefficient (Wildman–Crippen LogP) is 3.24. The van der Waals surface area contributed by atoms with Crippen molar-refractivity contribution >= 4 is 23.5 Å². The minimum atomic E-state index is -0.678. The number of pyridine rings is 1. The molecule has 1 aliphatic heterocycles. The molecule has 0 spiro atoms. The van der Waals surface area contributed by atoms with E-state index in [1.807, 2.05) is 37.3 Å². The van der Waals surface area contributed by atoms with E-state index in [1.54, 1.807) is 0 Å². The summed E-state index contributed by atoms with van der Waals surface area (Å²) in [7, 11) is 0. The molecule has 8 heteroatoms. The van der Waals surface area contributed by atoms with Crippen LogP contribution in [-0.2, 0) is 11.2 Å². The van der Waals surface area contributed by atoms with Gasteiger partial charge in [0.25, 0.3) is 0 Å². The number of hydrogen-bond donors (Lipinski definition) is 1. The predicted molar refractivity (Wildman–Crippen MR) is 126 cm³/mol. The normalized spacial score (nSPS) is 15.1. The number of nitrogens with zero attached hydrogens (tertiary/aromatic N) is 5. The van der Waals surface area contributed by atoms with Gasteiger partial charge in [-0.25, -0.2) is 4.98 Å². The quantitative estimate of drug-likeness (QED) is 0.617. The number of amides is 1. The van der Waals surface area contributed by atoms with Gasteiger partial charge in [0.2, 0.25) is 5.91 Å². The van der Waals surface area contributed by atoms with Crippen molar-refractivity contribution in [2.24, 2.45) is 5.73 Å². The van der Waals surface area contributed by atoms with E-state index < -0.39 is 11.2 Å². The highest BCUT2D eigenvalue weighted by Crippen LogP contribution is 2.39. The highest BCUT2D eigenvalue weighted by atomic mass is 32.2. The number of anilines is 1. The number of carbonyl (C=O) groups excluding carboxylic acids is 1. The molecule has 1 unspecified atom stereocenters. The van der Waals surface area contributed by atoms with E-state index >= 15 is 0 Å². The van der Waals surface area contributed by atoms with E-state index in [0.29, 0.717) is 34.0 Å². The third-order valence-corrected chi connectivity index (χ3v) is 6.89. The molecule has 1 saturated heterocycles. The Morgan fingerprint density at radius 3 is 2.31 bits per heavy atom. The van der Waals surface area contributed by atoms with Crippen LogP contribution in [-0.4, -0.2) is 48.5 Å². The first-order valence-electron chi connectivity index (χ1n) is 10.9. The van der Waals surface area contributed by atoms with E-state index in [-0.39, 0.29) is 0 Å². The van der Waals surface area contributed by atoms with Crippen LogP contribution in [0.25, 0.3) is 0 Å². The fraction of sp³-hybridized carbons (Fsp3) is 0.417. The zero-order valence-electron chi connectivity index (χ0n) is 18.5. The van der Waals surface area contributed by atoms with Gasteiger partial charge >= 0.3 is 0 Å². The number of carbonyl (C=O) groups is 1. The fourth-order valence-electron chi connectivity index (χ4n) is 4.03. The summed E-state index contributed by atoms with van der Waals surface area (Å²) in [6, 6.07) is 13.8. The average molecular weight is 449 g/mol. The molecule has 1 aromatic heterocycles. The molecule has 7 nitrogen and oxygen atoms in total. The summed E-state index contributed by atoms with van der Waals surface area (Å²) in [5.41, 5.74) is 7.96. The second-order valence-corrected chi connectivity index (χ2v) is 8.78. The van der Waals surface area contributed by atoms with Crippen LogP contribution >= 0.6 is 11.8 Å². The standard InChI is InChI=1S/C24H28N6OS/c1-3-10-29-11-13-30(14-12-29)23-19(15-25)18(4-2)20(16-26)24(28-23)32-21(22(27)31)17-8-6-5-7-9-17/h5-9,21H,3-4,10-14H2,1-2H3,(H2,27,31). The smallest absolute Gasteiger partial charge is 0.235 e. The highest BCUT2D eigenvalue weighted by molar-refractivity contribution is 8.00. The molecule has 166 valence electrons. The number of piperazine rings is 1. The van der Waals surface area contributed by atoms with Crippen molar-refractivity contribution in [2.75, 3.05) is 37.6 Å². The average Bonchev–Trinajstić information content (AvgIpc) is 2.82. The Bertz CT molecular complexity index is 1040. The molecule has 1 atom stereocenters. The minimum absolute atomic E-state index is 0.351. The van der Waals surface area contributed by atoms with Crippen LogP contribution < -0.4 is 10.6 Å². The van der Waals surface area contributed by atoms with Crippen molar-refractivity contribution in [3.63, 3.8) is 0 Å². The lowest BCUT2D eigenvalue weighted by Crippen LogP contribution is -2.47. The molecule has 0 saturated carbocycles. The van der Waals surface area contributed by atoms with Crippen molar-refractivity contribution < 1.29 is 4.79 Å². The van der Waals surface area contributed by atoms with Gasteiger partial charge in [0.1, 0.15) is 28.2 Å². The van der Waals surface area contributed by atoms with Crippen LogP contribution in [0.2, 0.25) is 0 Å². The van der Waals surface area contributed by atoms with Gasteiger partial charge in [-0.2, -0.15) is 10.5 Å². The van der Waals surface area contributed by atoms with Gasteiger partial charge < -0.3 is 10.6 Å². The van der Waals surface area contributed by atoms with Gasteiger partial charge in [0.15, 0.2) is 0 Å². The SMILES string of the molecule is CCCN1CCN(c2nc(SC(C(N)=O)c3ccccc3)c(C#N)c(CC)c2C#N)CC1. The molecule has 32 heavy (non-hydrogen) atoms. The molecule has 2 heterocycles. The van der Waals surface area contributed by atoms with Crippen molar-refractivity contribution in [3.05, 3.63) is 52.6 Å². The lowest BCUT2D eigenvalue weighted by Gasteiger charge is -2.36. The number of nitrogens with two attached hydrogens (primary N) is 1. The Morgan fingerprint density at radius 1 is 1.12 bits per heavy atom.